The molecule has 0 unspecified atom stereocenters. The van der Waals surface area contributed by atoms with Crippen molar-refractivity contribution in [1.29, 1.82) is 0 Å². The molecule has 0 heterocycles. The molecule has 0 saturated heterocycles. The minimum absolute atomic E-state index is 0.0151. The van der Waals surface area contributed by atoms with Gasteiger partial charge in [0.05, 0.1) is 10.5 Å². The lowest BCUT2D eigenvalue weighted by Crippen LogP contribution is -2.31. The number of aryl methyl sites for hydroxylation is 1. The first kappa shape index (κ1) is 17.4. The van der Waals surface area contributed by atoms with E-state index >= 15 is 0 Å². The zero-order valence-electron chi connectivity index (χ0n) is 13.5. The number of nitro benzene ring substituents is 1. The Kier molecular flexibility index (Phi) is 6.25. The zero-order valence-corrected chi connectivity index (χ0v) is 13.5. The van der Waals surface area contributed by atoms with Gasteiger partial charge in [0, 0.05) is 18.2 Å². The molecule has 2 rings (SSSR count). The molecule has 0 aliphatic heterocycles. The summed E-state index contributed by atoms with van der Waals surface area (Å²) >= 11 is 0. The number of nitrogens with zero attached hydrogens (tertiary/aromatic N) is 1. The van der Waals surface area contributed by atoms with Crippen molar-refractivity contribution in [2.75, 3.05) is 0 Å². The molecule has 0 aliphatic rings. The first-order valence-electron chi connectivity index (χ1n) is 7.82. The Morgan fingerprint density at radius 1 is 1.17 bits per heavy atom. The average Bonchev–Trinajstić information content (AvgIpc) is 2.59. The second-order valence-electron chi connectivity index (χ2n) is 5.58. The van der Waals surface area contributed by atoms with E-state index in [0.29, 0.717) is 5.56 Å². The summed E-state index contributed by atoms with van der Waals surface area (Å²) in [6.07, 6.45) is 4.52. The Morgan fingerprint density at radius 3 is 2.54 bits per heavy atom. The van der Waals surface area contributed by atoms with Gasteiger partial charge in [-0.25, -0.2) is 0 Å². The molecule has 5 heteroatoms. The molecule has 1 N–H and O–H groups in total. The molecule has 0 fully saturated rings. The molecule has 2 aromatic carbocycles. The topological polar surface area (TPSA) is 72.2 Å². The van der Waals surface area contributed by atoms with Gasteiger partial charge in [-0.2, -0.15) is 0 Å². The number of carbonyl (C=O) groups excluding carboxylic acids is 1. The standard InChI is InChI=1S/C19H20N2O3/c1-15(11-12-16-7-3-2-4-8-16)20-19(22)14-13-17-9-5-6-10-18(17)21(23)24/h2-10,13-15H,11-12H2,1H3,(H,20,22)/b14-13-/t15-/m1/s1. The van der Waals surface area contributed by atoms with Gasteiger partial charge in [0.1, 0.15) is 0 Å². The summed E-state index contributed by atoms with van der Waals surface area (Å²) in [5.41, 5.74) is 1.63. The van der Waals surface area contributed by atoms with Crippen LogP contribution in [0.4, 0.5) is 5.69 Å². The van der Waals surface area contributed by atoms with Crippen molar-refractivity contribution < 1.29 is 9.72 Å². The molecular weight excluding hydrogens is 304 g/mol. The number of rotatable bonds is 7. The van der Waals surface area contributed by atoms with Gasteiger partial charge in [-0.1, -0.05) is 42.5 Å². The van der Waals surface area contributed by atoms with Crippen LogP contribution < -0.4 is 5.32 Å². The van der Waals surface area contributed by atoms with E-state index in [2.05, 4.69) is 17.4 Å². The molecule has 0 spiro atoms. The van der Waals surface area contributed by atoms with E-state index in [9.17, 15) is 14.9 Å². The number of carbonyl (C=O) groups is 1. The molecule has 2 aromatic rings. The Bertz CT molecular complexity index is 726. The number of amides is 1. The fourth-order valence-corrected chi connectivity index (χ4v) is 2.35. The first-order valence-corrected chi connectivity index (χ1v) is 7.82. The van der Waals surface area contributed by atoms with Gasteiger partial charge in [-0.05, 0) is 37.5 Å². The summed E-state index contributed by atoms with van der Waals surface area (Å²) in [5, 5.41) is 13.8. The van der Waals surface area contributed by atoms with Crippen LogP contribution in [0.2, 0.25) is 0 Å². The lowest BCUT2D eigenvalue weighted by Gasteiger charge is -2.12. The molecule has 0 saturated carbocycles. The van der Waals surface area contributed by atoms with Crippen molar-refractivity contribution in [3.8, 4) is 0 Å². The summed E-state index contributed by atoms with van der Waals surface area (Å²) in [6.45, 7) is 1.94. The maximum Gasteiger partial charge on any atom is 0.276 e. The molecule has 0 bridgehead atoms. The van der Waals surface area contributed by atoms with Crippen LogP contribution >= 0.6 is 0 Å². The minimum atomic E-state index is -0.458. The normalized spacial score (nSPS) is 12.0. The Balaban J connectivity index is 1.87. The summed E-state index contributed by atoms with van der Waals surface area (Å²) in [7, 11) is 0. The molecule has 124 valence electrons. The maximum absolute atomic E-state index is 12.0. The van der Waals surface area contributed by atoms with Crippen LogP contribution in [0, 0.1) is 10.1 Å². The summed E-state index contributed by atoms with van der Waals surface area (Å²) in [5.74, 6) is -0.256. The van der Waals surface area contributed by atoms with Crippen LogP contribution in [-0.4, -0.2) is 16.9 Å². The molecule has 1 amide bonds. The van der Waals surface area contributed by atoms with Gasteiger partial charge < -0.3 is 5.32 Å². The van der Waals surface area contributed by atoms with Gasteiger partial charge in [0.25, 0.3) is 5.69 Å². The highest BCUT2D eigenvalue weighted by Crippen LogP contribution is 2.18. The van der Waals surface area contributed by atoms with Crippen molar-refractivity contribution >= 4 is 17.7 Å². The number of nitrogens with one attached hydrogen (secondary N) is 1. The van der Waals surface area contributed by atoms with Gasteiger partial charge in [-0.3, -0.25) is 14.9 Å². The smallest absolute Gasteiger partial charge is 0.276 e. The van der Waals surface area contributed by atoms with Crippen molar-refractivity contribution in [2.24, 2.45) is 0 Å². The zero-order chi connectivity index (χ0) is 17.4. The van der Waals surface area contributed by atoms with E-state index < -0.39 is 4.92 Å². The van der Waals surface area contributed by atoms with Crippen LogP contribution in [0.15, 0.2) is 60.7 Å². The number of para-hydroxylation sites is 1. The number of hydrogen-bond donors (Lipinski definition) is 1. The molecule has 0 aliphatic carbocycles. The number of nitro groups is 1. The van der Waals surface area contributed by atoms with Crippen molar-refractivity contribution in [1.82, 2.24) is 5.32 Å². The number of hydrogen-bond acceptors (Lipinski definition) is 3. The van der Waals surface area contributed by atoms with E-state index in [4.69, 9.17) is 0 Å². The quantitative estimate of drug-likeness (QED) is 0.479. The lowest BCUT2D eigenvalue weighted by molar-refractivity contribution is -0.385. The molecule has 24 heavy (non-hydrogen) atoms. The van der Waals surface area contributed by atoms with Gasteiger partial charge in [0.2, 0.25) is 5.91 Å². The fourth-order valence-electron chi connectivity index (χ4n) is 2.35. The Hall–Kier alpha value is -2.95. The van der Waals surface area contributed by atoms with Crippen molar-refractivity contribution in [2.45, 2.75) is 25.8 Å². The van der Waals surface area contributed by atoms with Crippen molar-refractivity contribution in [3.63, 3.8) is 0 Å². The van der Waals surface area contributed by atoms with Crippen LogP contribution in [0.1, 0.15) is 24.5 Å². The number of benzene rings is 2. The maximum atomic E-state index is 12.0. The van der Waals surface area contributed by atoms with Crippen LogP contribution in [0.3, 0.4) is 0 Å². The van der Waals surface area contributed by atoms with Gasteiger partial charge in [0.15, 0.2) is 0 Å². The third kappa shape index (κ3) is 5.35. The van der Waals surface area contributed by atoms with Crippen LogP contribution in [0.5, 0.6) is 0 Å². The highest BCUT2D eigenvalue weighted by atomic mass is 16.6. The highest BCUT2D eigenvalue weighted by molar-refractivity contribution is 5.92. The third-order valence-corrected chi connectivity index (χ3v) is 3.65. The van der Waals surface area contributed by atoms with Gasteiger partial charge >= 0.3 is 0 Å². The molecule has 0 radical (unpaired) electrons. The lowest BCUT2D eigenvalue weighted by atomic mass is 10.1. The van der Waals surface area contributed by atoms with E-state index in [0.717, 1.165) is 12.8 Å². The van der Waals surface area contributed by atoms with E-state index in [1.165, 1.54) is 23.8 Å². The second kappa shape index (κ2) is 8.62. The molecular formula is C19H20N2O3. The Morgan fingerprint density at radius 2 is 1.83 bits per heavy atom. The van der Waals surface area contributed by atoms with E-state index in [-0.39, 0.29) is 17.6 Å². The molecule has 0 aromatic heterocycles. The molecule has 1 atom stereocenters. The highest BCUT2D eigenvalue weighted by Gasteiger charge is 2.10. The minimum Gasteiger partial charge on any atom is -0.350 e. The summed E-state index contributed by atoms with van der Waals surface area (Å²) < 4.78 is 0. The largest absolute Gasteiger partial charge is 0.350 e. The second-order valence-corrected chi connectivity index (χ2v) is 5.58. The Labute approximate surface area is 141 Å². The van der Waals surface area contributed by atoms with Crippen LogP contribution in [0.25, 0.3) is 6.08 Å². The SMILES string of the molecule is C[C@H](CCc1ccccc1)NC(=O)/C=C\c1ccccc1[N+](=O)[O-]. The fraction of sp³-hybridized carbons (Fsp3) is 0.211. The average molecular weight is 324 g/mol. The monoisotopic (exact) mass is 324 g/mol. The first-order chi connectivity index (χ1) is 11.6. The van der Waals surface area contributed by atoms with Gasteiger partial charge in [-0.15, -0.1) is 0 Å². The summed E-state index contributed by atoms with van der Waals surface area (Å²) in [4.78, 5) is 22.4. The molecule has 5 nitrogen and oxygen atoms in total. The van der Waals surface area contributed by atoms with E-state index in [1.54, 1.807) is 18.2 Å². The van der Waals surface area contributed by atoms with E-state index in [1.807, 2.05) is 25.1 Å². The van der Waals surface area contributed by atoms with Crippen molar-refractivity contribution in [3.05, 3.63) is 81.9 Å². The summed E-state index contributed by atoms with van der Waals surface area (Å²) in [6, 6.07) is 16.4. The predicted octanol–water partition coefficient (Wildman–Crippen LogP) is 3.75. The third-order valence-electron chi connectivity index (χ3n) is 3.65. The predicted molar refractivity (Wildman–Crippen MR) is 94.5 cm³/mol. The van der Waals surface area contributed by atoms with Crippen LogP contribution in [-0.2, 0) is 11.2 Å².